The second-order valence-electron chi connectivity index (χ2n) is 8.28. The first-order valence-electron chi connectivity index (χ1n) is 11.5. The number of ether oxygens (including phenoxy) is 1. The third-order valence-electron chi connectivity index (χ3n) is 5.89. The van der Waals surface area contributed by atoms with E-state index in [0.717, 1.165) is 50.3 Å². The van der Waals surface area contributed by atoms with E-state index in [2.05, 4.69) is 45.5 Å². The maximum atomic E-state index is 12.3. The maximum Gasteiger partial charge on any atom is 0.251 e. The molecule has 2 heterocycles. The molecule has 0 saturated carbocycles. The van der Waals surface area contributed by atoms with Crippen molar-refractivity contribution in [1.82, 2.24) is 15.2 Å². The fraction of sp³-hybridized carbons (Fsp3) is 0.333. The number of aryl methyl sites for hydroxylation is 1. The lowest BCUT2D eigenvalue weighted by molar-refractivity contribution is 0.0949. The van der Waals surface area contributed by atoms with Gasteiger partial charge in [0.25, 0.3) is 5.91 Å². The van der Waals surface area contributed by atoms with Crippen molar-refractivity contribution >= 4 is 5.91 Å². The molecule has 1 saturated heterocycles. The van der Waals surface area contributed by atoms with E-state index in [4.69, 9.17) is 4.74 Å². The molecule has 2 aromatic carbocycles. The van der Waals surface area contributed by atoms with Crippen LogP contribution >= 0.6 is 0 Å². The van der Waals surface area contributed by atoms with Crippen LogP contribution in [0.1, 0.15) is 40.9 Å². The molecule has 5 heteroatoms. The lowest BCUT2D eigenvalue weighted by atomic mass is 10.1. The summed E-state index contributed by atoms with van der Waals surface area (Å²) < 4.78 is 6.17. The first-order valence-corrected chi connectivity index (χ1v) is 11.5. The molecular weight excluding hydrogens is 398 g/mol. The van der Waals surface area contributed by atoms with Gasteiger partial charge in [-0.2, -0.15) is 0 Å². The van der Waals surface area contributed by atoms with E-state index < -0.39 is 0 Å². The summed E-state index contributed by atoms with van der Waals surface area (Å²) in [7, 11) is 0. The van der Waals surface area contributed by atoms with Crippen molar-refractivity contribution in [2.45, 2.75) is 38.3 Å². The molecule has 0 radical (unpaired) electrons. The molecule has 0 bridgehead atoms. The lowest BCUT2D eigenvalue weighted by Crippen LogP contribution is -2.38. The zero-order valence-corrected chi connectivity index (χ0v) is 18.5. The summed E-state index contributed by atoms with van der Waals surface area (Å²) in [4.78, 5) is 19.1. The molecule has 3 aromatic rings. The van der Waals surface area contributed by atoms with Crippen LogP contribution in [0.15, 0.2) is 79.0 Å². The fourth-order valence-corrected chi connectivity index (χ4v) is 4.06. The van der Waals surface area contributed by atoms with Crippen molar-refractivity contribution < 1.29 is 9.53 Å². The molecule has 1 N–H and O–H groups in total. The van der Waals surface area contributed by atoms with Crippen molar-refractivity contribution in [3.63, 3.8) is 0 Å². The zero-order valence-electron chi connectivity index (χ0n) is 18.5. The molecule has 166 valence electrons. The third-order valence-corrected chi connectivity index (χ3v) is 5.89. The zero-order chi connectivity index (χ0) is 22.0. The molecular formula is C27H31N3O2. The van der Waals surface area contributed by atoms with Gasteiger partial charge >= 0.3 is 0 Å². The van der Waals surface area contributed by atoms with Gasteiger partial charge in [-0.1, -0.05) is 36.4 Å². The van der Waals surface area contributed by atoms with Crippen LogP contribution in [-0.2, 0) is 13.0 Å². The average molecular weight is 430 g/mol. The first kappa shape index (κ1) is 22.0. The Morgan fingerprint density at radius 3 is 2.44 bits per heavy atom. The number of likely N-dealkylation sites (tertiary alicyclic amines) is 1. The van der Waals surface area contributed by atoms with Crippen LogP contribution in [0.4, 0.5) is 0 Å². The van der Waals surface area contributed by atoms with Crippen molar-refractivity contribution in [2.24, 2.45) is 0 Å². The summed E-state index contributed by atoms with van der Waals surface area (Å²) in [5, 5.41) is 2.90. The van der Waals surface area contributed by atoms with Gasteiger partial charge in [0.15, 0.2) is 0 Å². The van der Waals surface area contributed by atoms with Gasteiger partial charge in [0.05, 0.1) is 12.2 Å². The molecule has 4 rings (SSSR count). The molecule has 1 aliphatic heterocycles. The van der Waals surface area contributed by atoms with Crippen molar-refractivity contribution in [3.05, 3.63) is 95.8 Å². The van der Waals surface area contributed by atoms with E-state index in [1.807, 2.05) is 42.5 Å². The molecule has 0 atom stereocenters. The van der Waals surface area contributed by atoms with Gasteiger partial charge in [-0.25, -0.2) is 0 Å². The monoisotopic (exact) mass is 429 g/mol. The summed E-state index contributed by atoms with van der Waals surface area (Å²) in [6.45, 7) is 3.71. The van der Waals surface area contributed by atoms with Crippen LogP contribution in [0.25, 0.3) is 0 Å². The van der Waals surface area contributed by atoms with Gasteiger partial charge in [-0.05, 0) is 74.2 Å². The minimum absolute atomic E-state index is 0.106. The van der Waals surface area contributed by atoms with Gasteiger partial charge in [0, 0.05) is 24.8 Å². The SMILES string of the molecule is O=C(NCc1ccccn1)c1ccc(OC2CCN(CCCc3ccccc3)CC2)cc1. The number of nitrogens with zero attached hydrogens (tertiary/aromatic N) is 2. The van der Waals surface area contributed by atoms with Gasteiger partial charge in [0.2, 0.25) is 0 Å². The standard InChI is InChI=1S/C27H31N3O2/c31-27(29-21-24-10-4-5-17-28-24)23-11-13-25(14-12-23)32-26-15-19-30(20-16-26)18-6-9-22-7-2-1-3-8-22/h1-5,7-8,10-14,17,26H,6,9,15-16,18-21H2,(H,29,31). The number of nitrogens with one attached hydrogen (secondary N) is 1. The summed E-state index contributed by atoms with van der Waals surface area (Å²) in [5.74, 6) is 0.722. The number of hydrogen-bond donors (Lipinski definition) is 1. The van der Waals surface area contributed by atoms with E-state index in [1.54, 1.807) is 6.20 Å². The van der Waals surface area contributed by atoms with E-state index >= 15 is 0 Å². The topological polar surface area (TPSA) is 54.5 Å². The van der Waals surface area contributed by atoms with Crippen LogP contribution < -0.4 is 10.1 Å². The highest BCUT2D eigenvalue weighted by Crippen LogP contribution is 2.20. The predicted octanol–water partition coefficient (Wildman–Crippen LogP) is 4.49. The highest BCUT2D eigenvalue weighted by molar-refractivity contribution is 5.94. The largest absolute Gasteiger partial charge is 0.490 e. The Balaban J connectivity index is 1.16. The minimum Gasteiger partial charge on any atom is -0.490 e. The van der Waals surface area contributed by atoms with Crippen LogP contribution in [0.5, 0.6) is 5.75 Å². The highest BCUT2D eigenvalue weighted by Gasteiger charge is 2.20. The van der Waals surface area contributed by atoms with E-state index in [0.29, 0.717) is 12.1 Å². The van der Waals surface area contributed by atoms with Crippen molar-refractivity contribution in [2.75, 3.05) is 19.6 Å². The number of benzene rings is 2. The Bertz CT molecular complexity index is 953. The van der Waals surface area contributed by atoms with Crippen LogP contribution in [0, 0.1) is 0 Å². The predicted molar refractivity (Wildman–Crippen MR) is 127 cm³/mol. The fourth-order valence-electron chi connectivity index (χ4n) is 4.06. The number of piperidine rings is 1. The minimum atomic E-state index is -0.106. The van der Waals surface area contributed by atoms with E-state index in [9.17, 15) is 4.79 Å². The summed E-state index contributed by atoms with van der Waals surface area (Å²) >= 11 is 0. The summed E-state index contributed by atoms with van der Waals surface area (Å²) in [6, 6.07) is 23.8. The Hall–Kier alpha value is -3.18. The summed E-state index contributed by atoms with van der Waals surface area (Å²) in [5.41, 5.74) is 2.88. The Labute approximate surface area is 190 Å². The van der Waals surface area contributed by atoms with Crippen LogP contribution in [-0.4, -0.2) is 41.5 Å². The molecule has 1 aromatic heterocycles. The molecule has 0 aliphatic carbocycles. The van der Waals surface area contributed by atoms with Crippen LogP contribution in [0.2, 0.25) is 0 Å². The normalized spacial score (nSPS) is 14.8. The maximum absolute atomic E-state index is 12.3. The van der Waals surface area contributed by atoms with Gasteiger partial charge < -0.3 is 15.0 Å². The number of hydrogen-bond acceptors (Lipinski definition) is 4. The molecule has 0 unspecified atom stereocenters. The van der Waals surface area contributed by atoms with Gasteiger partial charge in [0.1, 0.15) is 11.9 Å². The molecule has 32 heavy (non-hydrogen) atoms. The Morgan fingerprint density at radius 1 is 0.969 bits per heavy atom. The van der Waals surface area contributed by atoms with Crippen molar-refractivity contribution in [1.29, 1.82) is 0 Å². The first-order chi connectivity index (χ1) is 15.8. The number of carbonyl (C=O) groups is 1. The number of carbonyl (C=O) groups excluding carboxylic acids is 1. The number of rotatable bonds is 9. The molecule has 1 aliphatic rings. The van der Waals surface area contributed by atoms with Crippen molar-refractivity contribution in [3.8, 4) is 5.75 Å². The molecule has 5 nitrogen and oxygen atoms in total. The second kappa shape index (κ2) is 11.4. The van der Waals surface area contributed by atoms with Crippen LogP contribution in [0.3, 0.4) is 0 Å². The molecule has 1 amide bonds. The summed E-state index contributed by atoms with van der Waals surface area (Å²) in [6.07, 6.45) is 6.38. The number of amides is 1. The van der Waals surface area contributed by atoms with E-state index in [1.165, 1.54) is 12.0 Å². The Kier molecular flexibility index (Phi) is 7.88. The quantitative estimate of drug-likeness (QED) is 0.545. The molecule has 1 fully saturated rings. The van der Waals surface area contributed by atoms with E-state index in [-0.39, 0.29) is 12.0 Å². The lowest BCUT2D eigenvalue weighted by Gasteiger charge is -2.32. The smallest absolute Gasteiger partial charge is 0.251 e. The van der Waals surface area contributed by atoms with Gasteiger partial charge in [-0.3, -0.25) is 9.78 Å². The second-order valence-corrected chi connectivity index (χ2v) is 8.28. The third kappa shape index (κ3) is 6.66. The van der Waals surface area contributed by atoms with Gasteiger partial charge in [-0.15, -0.1) is 0 Å². The number of aromatic nitrogens is 1. The average Bonchev–Trinajstić information content (AvgIpc) is 2.85. The Morgan fingerprint density at radius 2 is 1.72 bits per heavy atom. The highest BCUT2D eigenvalue weighted by atomic mass is 16.5. The molecule has 0 spiro atoms. The number of pyridine rings is 1.